The van der Waals surface area contributed by atoms with Crippen LogP contribution < -0.4 is 5.32 Å². The first-order chi connectivity index (χ1) is 7.16. The molecule has 0 saturated heterocycles. The van der Waals surface area contributed by atoms with Gasteiger partial charge in [-0.3, -0.25) is 0 Å². The van der Waals surface area contributed by atoms with Gasteiger partial charge in [0.25, 0.3) is 0 Å². The monoisotopic (exact) mass is 269 g/mol. The fraction of sp³-hybridized carbons (Fsp3) is 0.100. The van der Waals surface area contributed by atoms with Crippen molar-refractivity contribution in [3.8, 4) is 0 Å². The largest absolute Gasteiger partial charge is 0.323 e. The van der Waals surface area contributed by atoms with Crippen LogP contribution in [-0.4, -0.2) is 9.55 Å². The molecule has 15 heavy (non-hydrogen) atoms. The van der Waals surface area contributed by atoms with Gasteiger partial charge in [0.2, 0.25) is 5.95 Å². The smallest absolute Gasteiger partial charge is 0.207 e. The summed E-state index contributed by atoms with van der Waals surface area (Å²) >= 11 is 3.20. The molecule has 1 aromatic carbocycles. The number of aryl methyl sites for hydroxylation is 1. The summed E-state index contributed by atoms with van der Waals surface area (Å²) in [6, 6.07) is 4.84. The van der Waals surface area contributed by atoms with Crippen molar-refractivity contribution in [1.29, 1.82) is 0 Å². The number of aromatic nitrogens is 2. The van der Waals surface area contributed by atoms with Crippen LogP contribution in [0.3, 0.4) is 0 Å². The van der Waals surface area contributed by atoms with E-state index in [-0.39, 0.29) is 5.82 Å². The average molecular weight is 270 g/mol. The highest BCUT2D eigenvalue weighted by Gasteiger charge is 2.05. The number of halogens is 2. The van der Waals surface area contributed by atoms with Crippen LogP contribution in [0.5, 0.6) is 0 Å². The molecule has 0 aliphatic rings. The minimum absolute atomic E-state index is 0.313. The fourth-order valence-electron chi connectivity index (χ4n) is 1.20. The Bertz CT molecular complexity index is 481. The van der Waals surface area contributed by atoms with Crippen molar-refractivity contribution in [2.24, 2.45) is 7.05 Å². The molecule has 1 aromatic heterocycles. The molecule has 1 N–H and O–H groups in total. The molecule has 0 bridgehead atoms. The quantitative estimate of drug-likeness (QED) is 0.908. The lowest BCUT2D eigenvalue weighted by molar-refractivity contribution is 0.630. The van der Waals surface area contributed by atoms with Crippen molar-refractivity contribution in [2.75, 3.05) is 5.32 Å². The topological polar surface area (TPSA) is 29.9 Å². The standard InChI is InChI=1S/C10H9BrFN3/c1-15-5-4-13-10(15)14-9-3-2-7(11)6-8(9)12/h2-6H,1H3,(H,13,14). The van der Waals surface area contributed by atoms with Crippen LogP contribution in [0, 0.1) is 5.82 Å². The van der Waals surface area contributed by atoms with Crippen molar-refractivity contribution >= 4 is 27.6 Å². The van der Waals surface area contributed by atoms with Gasteiger partial charge in [-0.25, -0.2) is 9.37 Å². The van der Waals surface area contributed by atoms with Gasteiger partial charge in [0, 0.05) is 23.9 Å². The lowest BCUT2D eigenvalue weighted by Crippen LogP contribution is -2.00. The minimum Gasteiger partial charge on any atom is -0.323 e. The molecule has 5 heteroatoms. The lowest BCUT2D eigenvalue weighted by atomic mass is 10.3. The molecule has 0 atom stereocenters. The van der Waals surface area contributed by atoms with E-state index in [2.05, 4.69) is 26.2 Å². The number of anilines is 2. The lowest BCUT2D eigenvalue weighted by Gasteiger charge is -2.06. The molecule has 0 fully saturated rings. The maximum atomic E-state index is 13.4. The van der Waals surface area contributed by atoms with E-state index in [1.54, 1.807) is 29.1 Å². The van der Waals surface area contributed by atoms with Crippen LogP contribution >= 0.6 is 15.9 Å². The molecule has 1 heterocycles. The van der Waals surface area contributed by atoms with Gasteiger partial charge in [0.15, 0.2) is 0 Å². The van der Waals surface area contributed by atoms with Gasteiger partial charge in [-0.1, -0.05) is 15.9 Å². The van der Waals surface area contributed by atoms with Crippen LogP contribution in [0.25, 0.3) is 0 Å². The maximum Gasteiger partial charge on any atom is 0.207 e. The minimum atomic E-state index is -0.313. The molecule has 0 aliphatic carbocycles. The number of hydrogen-bond donors (Lipinski definition) is 1. The predicted octanol–water partition coefficient (Wildman–Crippen LogP) is 3.07. The molecule has 0 aliphatic heterocycles. The maximum absolute atomic E-state index is 13.4. The summed E-state index contributed by atoms with van der Waals surface area (Å²) in [5.74, 6) is 0.295. The van der Waals surface area contributed by atoms with E-state index < -0.39 is 0 Å². The Balaban J connectivity index is 2.29. The number of nitrogens with one attached hydrogen (secondary N) is 1. The molecule has 3 nitrogen and oxygen atoms in total. The van der Waals surface area contributed by atoms with E-state index >= 15 is 0 Å². The van der Waals surface area contributed by atoms with Crippen LogP contribution in [0.2, 0.25) is 0 Å². The van der Waals surface area contributed by atoms with E-state index in [9.17, 15) is 4.39 Å². The van der Waals surface area contributed by atoms with Crippen molar-refractivity contribution in [3.63, 3.8) is 0 Å². The summed E-state index contributed by atoms with van der Waals surface area (Å²) in [6.07, 6.45) is 3.44. The number of benzene rings is 1. The van der Waals surface area contributed by atoms with Gasteiger partial charge < -0.3 is 9.88 Å². The molecule has 0 unspecified atom stereocenters. The van der Waals surface area contributed by atoms with Crippen LogP contribution in [0.15, 0.2) is 35.1 Å². The first-order valence-electron chi connectivity index (χ1n) is 4.36. The summed E-state index contributed by atoms with van der Waals surface area (Å²) < 4.78 is 15.9. The van der Waals surface area contributed by atoms with Gasteiger partial charge in [-0.2, -0.15) is 0 Å². The highest BCUT2D eigenvalue weighted by molar-refractivity contribution is 9.10. The summed E-state index contributed by atoms with van der Waals surface area (Å²) in [6.45, 7) is 0. The highest BCUT2D eigenvalue weighted by Crippen LogP contribution is 2.21. The SMILES string of the molecule is Cn1ccnc1Nc1ccc(Br)cc1F. The van der Waals surface area contributed by atoms with Crippen molar-refractivity contribution in [1.82, 2.24) is 9.55 Å². The van der Waals surface area contributed by atoms with E-state index in [1.807, 2.05) is 7.05 Å². The second kappa shape index (κ2) is 4.02. The van der Waals surface area contributed by atoms with Crippen molar-refractivity contribution in [3.05, 3.63) is 40.9 Å². The molecule has 78 valence electrons. The summed E-state index contributed by atoms with van der Waals surface area (Å²) in [4.78, 5) is 4.05. The molecule has 0 spiro atoms. The third-order valence-electron chi connectivity index (χ3n) is 2.00. The van der Waals surface area contributed by atoms with Gasteiger partial charge in [0.1, 0.15) is 5.82 Å². The number of imidazole rings is 1. The second-order valence-electron chi connectivity index (χ2n) is 3.11. The Hall–Kier alpha value is -1.36. The number of rotatable bonds is 2. The van der Waals surface area contributed by atoms with E-state index in [0.29, 0.717) is 16.1 Å². The molecule has 2 rings (SSSR count). The molecule has 0 amide bonds. The van der Waals surface area contributed by atoms with Crippen molar-refractivity contribution < 1.29 is 4.39 Å². The summed E-state index contributed by atoms with van der Waals surface area (Å²) in [7, 11) is 1.84. The van der Waals surface area contributed by atoms with Crippen LogP contribution in [0.1, 0.15) is 0 Å². The third-order valence-corrected chi connectivity index (χ3v) is 2.49. The van der Waals surface area contributed by atoms with Gasteiger partial charge in [-0.05, 0) is 18.2 Å². The Labute approximate surface area is 95.1 Å². The number of hydrogen-bond acceptors (Lipinski definition) is 2. The van der Waals surface area contributed by atoms with E-state index in [4.69, 9.17) is 0 Å². The molecule has 0 radical (unpaired) electrons. The molecular formula is C10H9BrFN3. The normalized spacial score (nSPS) is 10.3. The van der Waals surface area contributed by atoms with E-state index in [0.717, 1.165) is 0 Å². The second-order valence-corrected chi connectivity index (χ2v) is 4.03. The fourth-order valence-corrected chi connectivity index (χ4v) is 1.53. The highest BCUT2D eigenvalue weighted by atomic mass is 79.9. The first kappa shape index (κ1) is 10.2. The zero-order valence-corrected chi connectivity index (χ0v) is 9.62. The number of nitrogens with zero attached hydrogens (tertiary/aromatic N) is 2. The molecule has 2 aromatic rings. The third kappa shape index (κ3) is 2.18. The van der Waals surface area contributed by atoms with Gasteiger partial charge in [0.05, 0.1) is 5.69 Å². The van der Waals surface area contributed by atoms with Crippen LogP contribution in [0.4, 0.5) is 16.0 Å². The van der Waals surface area contributed by atoms with Gasteiger partial charge >= 0.3 is 0 Å². The van der Waals surface area contributed by atoms with Crippen molar-refractivity contribution in [2.45, 2.75) is 0 Å². The predicted molar refractivity (Wildman–Crippen MR) is 60.6 cm³/mol. The zero-order chi connectivity index (χ0) is 10.8. The Morgan fingerprint density at radius 1 is 1.47 bits per heavy atom. The summed E-state index contributed by atoms with van der Waals surface area (Å²) in [5.41, 5.74) is 0.410. The van der Waals surface area contributed by atoms with Gasteiger partial charge in [-0.15, -0.1) is 0 Å². The van der Waals surface area contributed by atoms with Crippen LogP contribution in [-0.2, 0) is 7.05 Å². The van der Waals surface area contributed by atoms with E-state index in [1.165, 1.54) is 6.07 Å². The Morgan fingerprint density at radius 3 is 2.87 bits per heavy atom. The first-order valence-corrected chi connectivity index (χ1v) is 5.15. The molecule has 0 saturated carbocycles. The summed E-state index contributed by atoms with van der Waals surface area (Å²) in [5, 5.41) is 2.90. The zero-order valence-electron chi connectivity index (χ0n) is 8.04. The Morgan fingerprint density at radius 2 is 2.27 bits per heavy atom. The average Bonchev–Trinajstić information content (AvgIpc) is 2.57. The molecular weight excluding hydrogens is 261 g/mol. The Kier molecular flexibility index (Phi) is 2.73.